The Balaban J connectivity index is 1.71. The van der Waals surface area contributed by atoms with Crippen LogP contribution in [0, 0.1) is 0 Å². The SMILES string of the molecule is C=C(Nc1cc(CC)nc(CC)n1)N1CCCN(C)c2ccc(-c3cccc(C(F)(F)F)c3)nc21. The van der Waals surface area contributed by atoms with Gasteiger partial charge in [-0.15, -0.1) is 0 Å². The molecule has 9 heteroatoms. The number of rotatable bonds is 6. The lowest BCUT2D eigenvalue weighted by atomic mass is 10.1. The minimum atomic E-state index is -4.42. The third kappa shape index (κ3) is 5.39. The molecule has 2 aromatic heterocycles. The van der Waals surface area contributed by atoms with Crippen LogP contribution in [-0.2, 0) is 19.0 Å². The largest absolute Gasteiger partial charge is 0.416 e. The van der Waals surface area contributed by atoms with Crippen LogP contribution < -0.4 is 15.1 Å². The minimum Gasteiger partial charge on any atom is -0.372 e. The zero-order valence-electron chi connectivity index (χ0n) is 20.2. The van der Waals surface area contributed by atoms with Gasteiger partial charge in [-0.1, -0.05) is 32.6 Å². The standard InChI is InChI=1S/C26H29F3N6/c1-5-20-16-24(33-23(6-2)31-20)30-17(3)35-14-8-13-34(4)22-12-11-21(32-25(22)35)18-9-7-10-19(15-18)26(27,28)29/h7,9-12,15-16H,3,5-6,8,13-14H2,1-2,4H3,(H,30,31,33). The number of fused-ring (bicyclic) bond motifs is 1. The summed E-state index contributed by atoms with van der Waals surface area (Å²) >= 11 is 0. The average Bonchev–Trinajstić information content (AvgIpc) is 3.01. The van der Waals surface area contributed by atoms with E-state index in [1.165, 1.54) is 6.07 Å². The molecule has 184 valence electrons. The maximum Gasteiger partial charge on any atom is 0.416 e. The molecule has 4 rings (SSSR count). The molecule has 0 fully saturated rings. The Morgan fingerprint density at radius 2 is 1.83 bits per heavy atom. The summed E-state index contributed by atoms with van der Waals surface area (Å²) in [5, 5.41) is 3.31. The molecule has 3 heterocycles. The van der Waals surface area contributed by atoms with E-state index in [1.54, 1.807) is 12.1 Å². The molecule has 35 heavy (non-hydrogen) atoms. The summed E-state index contributed by atoms with van der Waals surface area (Å²) in [7, 11) is 1.98. The van der Waals surface area contributed by atoms with Gasteiger partial charge in [-0.25, -0.2) is 15.0 Å². The topological polar surface area (TPSA) is 57.2 Å². The van der Waals surface area contributed by atoms with Crippen LogP contribution in [0.15, 0.2) is 54.9 Å². The molecule has 1 aliphatic rings. The van der Waals surface area contributed by atoms with Gasteiger partial charge in [-0.05, 0) is 37.1 Å². The van der Waals surface area contributed by atoms with Crippen LogP contribution in [0.2, 0.25) is 0 Å². The molecule has 0 spiro atoms. The molecule has 0 unspecified atom stereocenters. The fourth-order valence-electron chi connectivity index (χ4n) is 4.08. The maximum absolute atomic E-state index is 13.3. The van der Waals surface area contributed by atoms with Gasteiger partial charge >= 0.3 is 6.18 Å². The number of anilines is 3. The monoisotopic (exact) mass is 482 g/mol. The quantitative estimate of drug-likeness (QED) is 0.471. The van der Waals surface area contributed by atoms with Gasteiger partial charge in [-0.3, -0.25) is 0 Å². The van der Waals surface area contributed by atoms with E-state index in [0.717, 1.165) is 48.7 Å². The molecular formula is C26H29F3N6. The van der Waals surface area contributed by atoms with Crippen LogP contribution in [0.1, 0.15) is 37.4 Å². The predicted octanol–water partition coefficient (Wildman–Crippen LogP) is 5.91. The maximum atomic E-state index is 13.3. The Morgan fingerprint density at radius 3 is 2.54 bits per heavy atom. The number of nitrogens with zero attached hydrogens (tertiary/aromatic N) is 5. The van der Waals surface area contributed by atoms with E-state index in [9.17, 15) is 13.2 Å². The summed E-state index contributed by atoms with van der Waals surface area (Å²) in [6.07, 6.45) is -2.06. The highest BCUT2D eigenvalue weighted by atomic mass is 19.4. The van der Waals surface area contributed by atoms with Crippen molar-refractivity contribution in [3.05, 3.63) is 71.9 Å². The number of benzene rings is 1. The molecule has 3 aromatic rings. The number of halogens is 3. The third-order valence-electron chi connectivity index (χ3n) is 5.98. The highest BCUT2D eigenvalue weighted by Crippen LogP contribution is 2.36. The predicted molar refractivity (Wildman–Crippen MR) is 133 cm³/mol. The van der Waals surface area contributed by atoms with Crippen molar-refractivity contribution in [3.63, 3.8) is 0 Å². The van der Waals surface area contributed by atoms with E-state index in [4.69, 9.17) is 4.98 Å². The van der Waals surface area contributed by atoms with Crippen LogP contribution in [0.5, 0.6) is 0 Å². The Hall–Kier alpha value is -3.62. The molecule has 0 saturated heterocycles. The molecule has 1 aliphatic heterocycles. The van der Waals surface area contributed by atoms with Gasteiger partial charge in [-0.2, -0.15) is 13.2 Å². The average molecular weight is 483 g/mol. The number of hydrogen-bond acceptors (Lipinski definition) is 6. The second-order valence-corrected chi connectivity index (χ2v) is 8.48. The van der Waals surface area contributed by atoms with Gasteiger partial charge in [0.1, 0.15) is 17.5 Å². The lowest BCUT2D eigenvalue weighted by Gasteiger charge is -2.27. The van der Waals surface area contributed by atoms with Gasteiger partial charge in [0, 0.05) is 43.9 Å². The van der Waals surface area contributed by atoms with Crippen molar-refractivity contribution < 1.29 is 13.2 Å². The smallest absolute Gasteiger partial charge is 0.372 e. The van der Waals surface area contributed by atoms with Crippen molar-refractivity contribution in [1.82, 2.24) is 15.0 Å². The highest BCUT2D eigenvalue weighted by Gasteiger charge is 2.31. The van der Waals surface area contributed by atoms with Crippen molar-refractivity contribution >= 4 is 17.3 Å². The Labute approximate surface area is 203 Å². The lowest BCUT2D eigenvalue weighted by molar-refractivity contribution is -0.137. The van der Waals surface area contributed by atoms with Crippen molar-refractivity contribution in [2.24, 2.45) is 0 Å². The van der Waals surface area contributed by atoms with Gasteiger partial charge in [0.25, 0.3) is 0 Å². The highest BCUT2D eigenvalue weighted by molar-refractivity contribution is 5.75. The van der Waals surface area contributed by atoms with Crippen LogP contribution in [-0.4, -0.2) is 35.1 Å². The third-order valence-corrected chi connectivity index (χ3v) is 5.98. The van der Waals surface area contributed by atoms with Crippen molar-refractivity contribution in [2.45, 2.75) is 39.3 Å². The molecule has 0 bridgehead atoms. The molecule has 0 saturated carbocycles. The molecule has 1 N–H and O–H groups in total. The summed E-state index contributed by atoms with van der Waals surface area (Å²) in [6.45, 7) is 9.76. The van der Waals surface area contributed by atoms with Gasteiger partial charge < -0.3 is 15.1 Å². The second-order valence-electron chi connectivity index (χ2n) is 8.48. The van der Waals surface area contributed by atoms with Crippen molar-refractivity contribution in [1.29, 1.82) is 0 Å². The van der Waals surface area contributed by atoms with E-state index >= 15 is 0 Å². The zero-order chi connectivity index (χ0) is 25.2. The van der Waals surface area contributed by atoms with E-state index in [0.29, 0.717) is 41.7 Å². The van der Waals surface area contributed by atoms with Gasteiger partial charge in [0.05, 0.1) is 16.9 Å². The Kier molecular flexibility index (Phi) is 6.95. The Bertz CT molecular complexity index is 1200. The van der Waals surface area contributed by atoms with Crippen LogP contribution in [0.3, 0.4) is 0 Å². The molecule has 0 amide bonds. The lowest BCUT2D eigenvalue weighted by Crippen LogP contribution is -2.28. The molecule has 1 aromatic carbocycles. The normalized spacial score (nSPS) is 13.9. The van der Waals surface area contributed by atoms with Crippen molar-refractivity contribution in [2.75, 3.05) is 35.3 Å². The first-order valence-electron chi connectivity index (χ1n) is 11.7. The molecular weight excluding hydrogens is 453 g/mol. The molecule has 0 radical (unpaired) electrons. The first-order valence-corrected chi connectivity index (χ1v) is 11.7. The molecule has 0 aliphatic carbocycles. The summed E-state index contributed by atoms with van der Waals surface area (Å²) in [6, 6.07) is 10.8. The first-order chi connectivity index (χ1) is 16.7. The van der Waals surface area contributed by atoms with E-state index < -0.39 is 11.7 Å². The number of nitrogens with one attached hydrogen (secondary N) is 1. The number of hydrogen-bond donors (Lipinski definition) is 1. The van der Waals surface area contributed by atoms with E-state index in [2.05, 4.69) is 26.8 Å². The summed E-state index contributed by atoms with van der Waals surface area (Å²) in [4.78, 5) is 18.0. The van der Waals surface area contributed by atoms with Crippen molar-refractivity contribution in [3.8, 4) is 11.3 Å². The summed E-state index contributed by atoms with van der Waals surface area (Å²) in [5.41, 5.74) is 1.99. The fraction of sp³-hybridized carbons (Fsp3) is 0.346. The van der Waals surface area contributed by atoms with E-state index in [-0.39, 0.29) is 0 Å². The fourth-order valence-corrected chi connectivity index (χ4v) is 4.08. The van der Waals surface area contributed by atoms with Gasteiger partial charge in [0.15, 0.2) is 5.82 Å². The number of aryl methyl sites for hydroxylation is 2. The molecule has 0 atom stereocenters. The first kappa shape index (κ1) is 24.5. The summed E-state index contributed by atoms with van der Waals surface area (Å²) < 4.78 is 39.8. The minimum absolute atomic E-state index is 0.407. The van der Waals surface area contributed by atoms with Crippen LogP contribution >= 0.6 is 0 Å². The van der Waals surface area contributed by atoms with Crippen LogP contribution in [0.4, 0.5) is 30.5 Å². The van der Waals surface area contributed by atoms with Crippen LogP contribution in [0.25, 0.3) is 11.3 Å². The number of alkyl halides is 3. The zero-order valence-corrected chi connectivity index (χ0v) is 20.2. The number of pyridine rings is 1. The van der Waals surface area contributed by atoms with Gasteiger partial charge in [0.2, 0.25) is 0 Å². The summed E-state index contributed by atoms with van der Waals surface area (Å²) in [5.74, 6) is 2.64. The number of aromatic nitrogens is 3. The Morgan fingerprint density at radius 1 is 1.03 bits per heavy atom. The van der Waals surface area contributed by atoms with E-state index in [1.807, 2.05) is 37.9 Å². The molecule has 6 nitrogen and oxygen atoms in total. The second kappa shape index (κ2) is 9.93.